The first kappa shape index (κ1) is 25.0. The topological polar surface area (TPSA) is 123 Å². The first-order chi connectivity index (χ1) is 17.9. The zero-order valence-corrected chi connectivity index (χ0v) is 20.9. The lowest BCUT2D eigenvalue weighted by Gasteiger charge is -2.25. The van der Waals surface area contributed by atoms with E-state index < -0.39 is 4.92 Å². The van der Waals surface area contributed by atoms with Crippen molar-refractivity contribution in [3.05, 3.63) is 74.9 Å². The van der Waals surface area contributed by atoms with Crippen LogP contribution >= 0.6 is 23.2 Å². The smallest absolute Gasteiger partial charge is 0.269 e. The van der Waals surface area contributed by atoms with Gasteiger partial charge < -0.3 is 4.74 Å². The van der Waals surface area contributed by atoms with E-state index in [1.54, 1.807) is 36.4 Å². The van der Waals surface area contributed by atoms with E-state index in [2.05, 4.69) is 20.3 Å². The molecule has 1 amide bonds. The monoisotopic (exact) mass is 538 g/mol. The summed E-state index contributed by atoms with van der Waals surface area (Å²) >= 11 is 12.7. The zero-order valence-electron chi connectivity index (χ0n) is 19.4. The second-order valence-electron chi connectivity index (χ2n) is 8.37. The fourth-order valence-corrected chi connectivity index (χ4v) is 4.40. The number of hydrogen-bond acceptors (Lipinski definition) is 8. The third kappa shape index (κ3) is 5.83. The number of non-ortho nitro benzene ring substituents is 1. The molecular weight excluding hydrogens is 519 g/mol. The number of aromatic nitrogens is 3. The fraction of sp³-hybridized carbons (Fsp3) is 0.200. The SMILES string of the molecule is O=C(CN1CCOCC1)Nc1nc(-c2ccc([N+](=O)[O-])cc2)cc(-c2cc3cc(Cl)ccc3nc2Cl)n1. The highest BCUT2D eigenvalue weighted by atomic mass is 35.5. The van der Waals surface area contributed by atoms with E-state index in [1.165, 1.54) is 12.1 Å². The van der Waals surface area contributed by atoms with Crippen LogP contribution in [0.15, 0.2) is 54.6 Å². The summed E-state index contributed by atoms with van der Waals surface area (Å²) in [6, 6.07) is 14.7. The Kier molecular flexibility index (Phi) is 7.24. The Labute approximate surface area is 221 Å². The van der Waals surface area contributed by atoms with Crippen molar-refractivity contribution in [1.82, 2.24) is 19.9 Å². The number of nitro benzene ring substituents is 1. The first-order valence-electron chi connectivity index (χ1n) is 11.4. The van der Waals surface area contributed by atoms with Crippen LogP contribution in [0.4, 0.5) is 11.6 Å². The second kappa shape index (κ2) is 10.7. The molecule has 12 heteroatoms. The van der Waals surface area contributed by atoms with Gasteiger partial charge in [0.25, 0.3) is 5.69 Å². The van der Waals surface area contributed by atoms with Gasteiger partial charge in [0.2, 0.25) is 11.9 Å². The van der Waals surface area contributed by atoms with Gasteiger partial charge in [-0.25, -0.2) is 15.0 Å². The van der Waals surface area contributed by atoms with Crippen molar-refractivity contribution in [3.8, 4) is 22.5 Å². The van der Waals surface area contributed by atoms with Gasteiger partial charge in [0, 0.05) is 46.8 Å². The summed E-state index contributed by atoms with van der Waals surface area (Å²) in [4.78, 5) is 38.9. The largest absolute Gasteiger partial charge is 0.379 e. The number of ether oxygens (including phenoxy) is 1. The summed E-state index contributed by atoms with van der Waals surface area (Å²) in [5, 5.41) is 15.4. The van der Waals surface area contributed by atoms with Crippen LogP contribution in [0.2, 0.25) is 10.2 Å². The molecule has 4 aromatic rings. The lowest BCUT2D eigenvalue weighted by atomic mass is 10.1. The van der Waals surface area contributed by atoms with Gasteiger partial charge in [-0.05, 0) is 42.5 Å². The van der Waals surface area contributed by atoms with Crippen LogP contribution < -0.4 is 5.32 Å². The maximum atomic E-state index is 12.8. The number of halogens is 2. The van der Waals surface area contributed by atoms with E-state index >= 15 is 0 Å². The number of morpholine rings is 1. The van der Waals surface area contributed by atoms with Crippen molar-refractivity contribution >= 4 is 51.6 Å². The molecule has 0 bridgehead atoms. The van der Waals surface area contributed by atoms with Gasteiger partial charge in [-0.1, -0.05) is 23.2 Å². The number of hydrogen-bond donors (Lipinski definition) is 1. The van der Waals surface area contributed by atoms with Crippen LogP contribution in [0.1, 0.15) is 0 Å². The molecule has 1 N–H and O–H groups in total. The molecule has 1 fully saturated rings. The minimum atomic E-state index is -0.474. The van der Waals surface area contributed by atoms with Crippen LogP contribution in [0.25, 0.3) is 33.4 Å². The molecule has 1 aliphatic rings. The molecule has 0 aliphatic carbocycles. The van der Waals surface area contributed by atoms with Crippen LogP contribution in [0.5, 0.6) is 0 Å². The second-order valence-corrected chi connectivity index (χ2v) is 9.16. The summed E-state index contributed by atoms with van der Waals surface area (Å²) < 4.78 is 5.33. The molecule has 5 rings (SSSR count). The summed E-state index contributed by atoms with van der Waals surface area (Å²) in [7, 11) is 0. The predicted molar refractivity (Wildman–Crippen MR) is 141 cm³/mol. The lowest BCUT2D eigenvalue weighted by molar-refractivity contribution is -0.384. The number of pyridine rings is 1. The van der Waals surface area contributed by atoms with Crippen LogP contribution in [0.3, 0.4) is 0 Å². The Balaban J connectivity index is 1.55. The van der Waals surface area contributed by atoms with Crippen molar-refractivity contribution in [2.45, 2.75) is 0 Å². The van der Waals surface area contributed by atoms with Gasteiger partial charge in [0.15, 0.2) is 0 Å². The van der Waals surface area contributed by atoms with Crippen molar-refractivity contribution in [3.63, 3.8) is 0 Å². The number of nitrogens with zero attached hydrogens (tertiary/aromatic N) is 5. The maximum absolute atomic E-state index is 12.8. The molecule has 1 aliphatic heterocycles. The Morgan fingerprint density at radius 1 is 1.00 bits per heavy atom. The molecule has 0 saturated carbocycles. The van der Waals surface area contributed by atoms with E-state index in [9.17, 15) is 14.9 Å². The minimum Gasteiger partial charge on any atom is -0.379 e. The van der Waals surface area contributed by atoms with Gasteiger partial charge in [-0.2, -0.15) is 0 Å². The van der Waals surface area contributed by atoms with Crippen LogP contribution in [-0.4, -0.2) is 63.5 Å². The van der Waals surface area contributed by atoms with E-state index in [-0.39, 0.29) is 29.2 Å². The molecule has 1 saturated heterocycles. The molecule has 0 unspecified atom stereocenters. The van der Waals surface area contributed by atoms with E-state index in [0.29, 0.717) is 59.4 Å². The molecule has 0 radical (unpaired) electrons. The average Bonchev–Trinajstić information content (AvgIpc) is 2.89. The van der Waals surface area contributed by atoms with Crippen LogP contribution in [0, 0.1) is 10.1 Å². The number of carbonyl (C=O) groups is 1. The van der Waals surface area contributed by atoms with E-state index in [4.69, 9.17) is 27.9 Å². The standard InChI is InChI=1S/C25H20Cl2N6O4/c26-17-3-6-20-16(11-17)12-19(24(27)28-20)22-13-21(15-1-4-18(5-2-15)33(35)36)29-25(30-22)31-23(34)14-32-7-9-37-10-8-32/h1-6,11-13H,7-10,14H2,(H,29,30,31,34). The highest BCUT2D eigenvalue weighted by Crippen LogP contribution is 2.33. The summed E-state index contributed by atoms with van der Waals surface area (Å²) in [6.07, 6.45) is 0. The van der Waals surface area contributed by atoms with Gasteiger partial charge in [0.1, 0.15) is 5.15 Å². The number of benzene rings is 2. The third-order valence-corrected chi connectivity index (χ3v) is 6.35. The number of nitro groups is 1. The highest BCUT2D eigenvalue weighted by Gasteiger charge is 2.18. The molecular formula is C25H20Cl2N6O4. The fourth-order valence-electron chi connectivity index (χ4n) is 3.97. The van der Waals surface area contributed by atoms with Crippen LogP contribution in [-0.2, 0) is 9.53 Å². The Morgan fingerprint density at radius 2 is 1.73 bits per heavy atom. The molecule has 2 aromatic carbocycles. The predicted octanol–water partition coefficient (Wildman–Crippen LogP) is 4.84. The normalized spacial score (nSPS) is 14.0. The maximum Gasteiger partial charge on any atom is 0.269 e. The summed E-state index contributed by atoms with van der Waals surface area (Å²) in [5.41, 5.74) is 2.61. The third-order valence-electron chi connectivity index (χ3n) is 5.83. The molecule has 3 heterocycles. The lowest BCUT2D eigenvalue weighted by Crippen LogP contribution is -2.41. The van der Waals surface area contributed by atoms with Gasteiger partial charge in [0.05, 0.1) is 41.6 Å². The highest BCUT2D eigenvalue weighted by molar-refractivity contribution is 6.33. The number of fused-ring (bicyclic) bond motifs is 1. The Morgan fingerprint density at radius 3 is 2.46 bits per heavy atom. The van der Waals surface area contributed by atoms with Crippen molar-refractivity contribution in [2.24, 2.45) is 0 Å². The quantitative estimate of drug-likeness (QED) is 0.210. The van der Waals surface area contributed by atoms with Crippen molar-refractivity contribution < 1.29 is 14.5 Å². The van der Waals surface area contributed by atoms with E-state index in [1.807, 2.05) is 11.0 Å². The number of nitrogens with one attached hydrogen (secondary N) is 1. The average molecular weight is 539 g/mol. The van der Waals surface area contributed by atoms with Crippen molar-refractivity contribution in [2.75, 3.05) is 38.2 Å². The molecule has 37 heavy (non-hydrogen) atoms. The summed E-state index contributed by atoms with van der Waals surface area (Å²) in [5.74, 6) is -0.199. The molecule has 10 nitrogen and oxygen atoms in total. The minimum absolute atomic E-state index is 0.0456. The Bertz CT molecular complexity index is 1490. The molecule has 188 valence electrons. The number of carbonyl (C=O) groups excluding carboxylic acids is 1. The summed E-state index contributed by atoms with van der Waals surface area (Å²) in [6.45, 7) is 2.62. The van der Waals surface area contributed by atoms with Gasteiger partial charge in [-0.3, -0.25) is 25.1 Å². The first-order valence-corrected chi connectivity index (χ1v) is 12.1. The molecule has 0 spiro atoms. The molecule has 2 aromatic heterocycles. The number of anilines is 1. The molecule has 0 atom stereocenters. The number of amides is 1. The zero-order chi connectivity index (χ0) is 25.9. The van der Waals surface area contributed by atoms with Gasteiger partial charge >= 0.3 is 0 Å². The number of rotatable bonds is 6. The van der Waals surface area contributed by atoms with E-state index in [0.717, 1.165) is 5.39 Å². The Hall–Kier alpha value is -3.70. The van der Waals surface area contributed by atoms with Gasteiger partial charge in [-0.15, -0.1) is 0 Å². The van der Waals surface area contributed by atoms with Crippen molar-refractivity contribution in [1.29, 1.82) is 0 Å².